The SMILES string of the molecule is CC(C)(C)c1csc(CC(CO)Cc2ccc(Br)cc2)n1. The van der Waals surface area contributed by atoms with Crippen LogP contribution in [0.2, 0.25) is 0 Å². The second-order valence-electron chi connectivity index (χ2n) is 6.46. The summed E-state index contributed by atoms with van der Waals surface area (Å²) in [6, 6.07) is 8.31. The van der Waals surface area contributed by atoms with E-state index in [2.05, 4.69) is 54.2 Å². The van der Waals surface area contributed by atoms with Crippen LogP contribution in [0, 0.1) is 5.92 Å². The molecule has 0 saturated heterocycles. The van der Waals surface area contributed by atoms with Crippen molar-refractivity contribution in [2.45, 2.75) is 39.0 Å². The van der Waals surface area contributed by atoms with Gasteiger partial charge < -0.3 is 5.11 Å². The van der Waals surface area contributed by atoms with Gasteiger partial charge in [-0.2, -0.15) is 0 Å². The Labute approximate surface area is 139 Å². The van der Waals surface area contributed by atoms with Crippen molar-refractivity contribution in [2.75, 3.05) is 6.61 Å². The van der Waals surface area contributed by atoms with Crippen LogP contribution in [-0.4, -0.2) is 16.7 Å². The van der Waals surface area contributed by atoms with Gasteiger partial charge in [-0.15, -0.1) is 11.3 Å². The molecular formula is C17H22BrNOS. The molecule has 1 heterocycles. The minimum absolute atomic E-state index is 0.0924. The van der Waals surface area contributed by atoms with E-state index in [1.54, 1.807) is 11.3 Å². The molecule has 4 heteroatoms. The fourth-order valence-corrected chi connectivity index (χ4v) is 3.55. The van der Waals surface area contributed by atoms with Crippen molar-refractivity contribution in [3.8, 4) is 0 Å². The van der Waals surface area contributed by atoms with Gasteiger partial charge in [0.2, 0.25) is 0 Å². The Morgan fingerprint density at radius 1 is 1.19 bits per heavy atom. The van der Waals surface area contributed by atoms with Crippen molar-refractivity contribution in [3.05, 3.63) is 50.4 Å². The average Bonchev–Trinajstić information content (AvgIpc) is 2.89. The number of hydrogen-bond donors (Lipinski definition) is 1. The van der Waals surface area contributed by atoms with Crippen molar-refractivity contribution in [3.63, 3.8) is 0 Å². The van der Waals surface area contributed by atoms with Gasteiger partial charge in [0.05, 0.1) is 10.7 Å². The molecular weight excluding hydrogens is 346 g/mol. The van der Waals surface area contributed by atoms with E-state index in [1.165, 1.54) is 5.56 Å². The summed E-state index contributed by atoms with van der Waals surface area (Å²) < 4.78 is 1.08. The van der Waals surface area contributed by atoms with Gasteiger partial charge in [-0.1, -0.05) is 48.8 Å². The third-order valence-electron chi connectivity index (χ3n) is 3.48. The van der Waals surface area contributed by atoms with Crippen molar-refractivity contribution in [1.29, 1.82) is 0 Å². The maximum absolute atomic E-state index is 9.64. The van der Waals surface area contributed by atoms with Crippen molar-refractivity contribution < 1.29 is 5.11 Å². The van der Waals surface area contributed by atoms with E-state index in [1.807, 2.05) is 12.1 Å². The Hall–Kier alpha value is -0.710. The molecule has 2 aromatic rings. The van der Waals surface area contributed by atoms with Crippen molar-refractivity contribution in [2.24, 2.45) is 5.92 Å². The van der Waals surface area contributed by atoms with Crippen molar-refractivity contribution >= 4 is 27.3 Å². The minimum atomic E-state index is 0.0924. The zero-order chi connectivity index (χ0) is 15.5. The summed E-state index contributed by atoms with van der Waals surface area (Å²) >= 11 is 5.15. The standard InChI is InChI=1S/C17H22BrNOS/c1-17(2,3)15-11-21-16(19-15)9-13(10-20)8-12-4-6-14(18)7-5-12/h4-7,11,13,20H,8-10H2,1-3H3. The van der Waals surface area contributed by atoms with Gasteiger partial charge in [0, 0.05) is 28.3 Å². The number of nitrogens with zero attached hydrogens (tertiary/aromatic N) is 1. The second kappa shape index (κ2) is 7.03. The molecule has 1 atom stereocenters. The fraction of sp³-hybridized carbons (Fsp3) is 0.471. The fourth-order valence-electron chi connectivity index (χ4n) is 2.15. The quantitative estimate of drug-likeness (QED) is 0.837. The molecule has 1 aromatic heterocycles. The third-order valence-corrected chi connectivity index (χ3v) is 4.88. The molecule has 0 aliphatic heterocycles. The summed E-state index contributed by atoms with van der Waals surface area (Å²) in [4.78, 5) is 4.72. The summed E-state index contributed by atoms with van der Waals surface area (Å²) in [5, 5.41) is 12.9. The van der Waals surface area contributed by atoms with E-state index >= 15 is 0 Å². The minimum Gasteiger partial charge on any atom is -0.396 e. The monoisotopic (exact) mass is 367 g/mol. The number of thiazole rings is 1. The molecule has 0 aliphatic carbocycles. The van der Waals surface area contributed by atoms with Gasteiger partial charge in [-0.05, 0) is 30.0 Å². The molecule has 0 bridgehead atoms. The van der Waals surface area contributed by atoms with Crippen LogP contribution in [0.1, 0.15) is 37.0 Å². The predicted octanol–water partition coefficient (Wildman–Crippen LogP) is 4.60. The van der Waals surface area contributed by atoms with Crippen LogP contribution in [0.5, 0.6) is 0 Å². The van der Waals surface area contributed by atoms with Crippen LogP contribution in [-0.2, 0) is 18.3 Å². The van der Waals surface area contributed by atoms with Gasteiger partial charge in [0.15, 0.2) is 0 Å². The van der Waals surface area contributed by atoms with E-state index in [4.69, 9.17) is 4.98 Å². The molecule has 0 amide bonds. The Morgan fingerprint density at radius 2 is 1.86 bits per heavy atom. The van der Waals surface area contributed by atoms with E-state index in [0.29, 0.717) is 0 Å². The third kappa shape index (κ3) is 4.90. The highest BCUT2D eigenvalue weighted by atomic mass is 79.9. The van der Waals surface area contributed by atoms with Gasteiger partial charge in [-0.3, -0.25) is 0 Å². The lowest BCUT2D eigenvalue weighted by atomic mass is 9.93. The number of rotatable bonds is 5. The lowest BCUT2D eigenvalue weighted by Crippen LogP contribution is -2.14. The van der Waals surface area contributed by atoms with Gasteiger partial charge in [0.25, 0.3) is 0 Å². The summed E-state index contributed by atoms with van der Waals surface area (Å²) in [5.74, 6) is 0.227. The van der Waals surface area contributed by atoms with E-state index in [9.17, 15) is 5.11 Å². The summed E-state index contributed by atoms with van der Waals surface area (Å²) in [6.45, 7) is 6.73. The maximum Gasteiger partial charge on any atom is 0.0932 e. The first-order valence-corrected chi connectivity index (χ1v) is 8.86. The Balaban J connectivity index is 2.02. The van der Waals surface area contributed by atoms with E-state index in [0.717, 1.165) is 28.0 Å². The largest absolute Gasteiger partial charge is 0.396 e. The van der Waals surface area contributed by atoms with Gasteiger partial charge in [-0.25, -0.2) is 4.98 Å². The highest BCUT2D eigenvalue weighted by Crippen LogP contribution is 2.26. The predicted molar refractivity (Wildman–Crippen MR) is 92.9 cm³/mol. The van der Waals surface area contributed by atoms with E-state index < -0.39 is 0 Å². The number of benzene rings is 1. The van der Waals surface area contributed by atoms with Crippen LogP contribution in [0.4, 0.5) is 0 Å². The molecule has 1 N–H and O–H groups in total. The zero-order valence-corrected chi connectivity index (χ0v) is 15.2. The lowest BCUT2D eigenvalue weighted by molar-refractivity contribution is 0.225. The molecule has 0 radical (unpaired) electrons. The molecule has 0 fully saturated rings. The number of aliphatic hydroxyl groups excluding tert-OH is 1. The first-order chi connectivity index (χ1) is 9.88. The smallest absolute Gasteiger partial charge is 0.0932 e. The van der Waals surface area contributed by atoms with Crippen LogP contribution in [0.3, 0.4) is 0 Å². The van der Waals surface area contributed by atoms with Crippen LogP contribution in [0.25, 0.3) is 0 Å². The molecule has 1 unspecified atom stereocenters. The Bertz CT molecular complexity index is 571. The highest BCUT2D eigenvalue weighted by Gasteiger charge is 2.19. The zero-order valence-electron chi connectivity index (χ0n) is 12.8. The summed E-state index contributed by atoms with van der Waals surface area (Å²) in [5.41, 5.74) is 2.49. The number of aliphatic hydroxyl groups is 1. The molecule has 2 rings (SSSR count). The van der Waals surface area contributed by atoms with Crippen LogP contribution in [0.15, 0.2) is 34.1 Å². The maximum atomic E-state index is 9.64. The average molecular weight is 368 g/mol. The van der Waals surface area contributed by atoms with Crippen molar-refractivity contribution in [1.82, 2.24) is 4.98 Å². The highest BCUT2D eigenvalue weighted by molar-refractivity contribution is 9.10. The summed E-state index contributed by atoms with van der Waals surface area (Å²) in [6.07, 6.45) is 1.72. The molecule has 0 spiro atoms. The van der Waals surface area contributed by atoms with Gasteiger partial charge >= 0.3 is 0 Å². The number of aromatic nitrogens is 1. The topological polar surface area (TPSA) is 33.1 Å². The first-order valence-electron chi connectivity index (χ1n) is 7.18. The number of halogens is 1. The molecule has 114 valence electrons. The Kier molecular flexibility index (Phi) is 5.58. The second-order valence-corrected chi connectivity index (χ2v) is 8.32. The molecule has 21 heavy (non-hydrogen) atoms. The summed E-state index contributed by atoms with van der Waals surface area (Å²) in [7, 11) is 0. The molecule has 0 aliphatic rings. The van der Waals surface area contributed by atoms with Gasteiger partial charge in [0.1, 0.15) is 0 Å². The lowest BCUT2D eigenvalue weighted by Gasteiger charge is -2.15. The van der Waals surface area contributed by atoms with E-state index in [-0.39, 0.29) is 17.9 Å². The molecule has 1 aromatic carbocycles. The molecule has 0 saturated carbocycles. The van der Waals surface area contributed by atoms with Crippen LogP contribution < -0.4 is 0 Å². The number of hydrogen-bond acceptors (Lipinski definition) is 3. The van der Waals surface area contributed by atoms with Crippen LogP contribution >= 0.6 is 27.3 Å². The normalized spacial score (nSPS) is 13.4. The first kappa shape index (κ1) is 16.7. The molecule has 2 nitrogen and oxygen atoms in total. The Morgan fingerprint density at radius 3 is 2.38 bits per heavy atom.